The van der Waals surface area contributed by atoms with E-state index in [0.29, 0.717) is 22.4 Å². The summed E-state index contributed by atoms with van der Waals surface area (Å²) in [6, 6.07) is 17.4. The number of rotatable bonds is 5. The molecule has 4 rings (SSSR count). The molecule has 0 bridgehead atoms. The molecule has 1 heterocycles. The Balaban J connectivity index is 1.50. The molecule has 0 radical (unpaired) electrons. The Morgan fingerprint density at radius 3 is 2.57 bits per heavy atom. The molecule has 0 saturated carbocycles. The zero-order valence-corrected chi connectivity index (χ0v) is 19.6. The minimum atomic E-state index is -0.648. The van der Waals surface area contributed by atoms with Crippen LogP contribution in [0, 0.1) is 10.1 Å². The molecule has 0 unspecified atom stereocenters. The van der Waals surface area contributed by atoms with Gasteiger partial charge in [0.1, 0.15) is 5.58 Å². The number of fused-ring (bicyclic) bond motifs is 1. The Kier molecular flexibility index (Phi) is 6.76. The van der Waals surface area contributed by atoms with Crippen LogP contribution in [0.15, 0.2) is 75.9 Å². The molecule has 35 heavy (non-hydrogen) atoms. The van der Waals surface area contributed by atoms with Gasteiger partial charge in [0.2, 0.25) is 0 Å². The summed E-state index contributed by atoms with van der Waals surface area (Å²) in [6.45, 7) is 0. The lowest BCUT2D eigenvalue weighted by Crippen LogP contribution is -2.34. The van der Waals surface area contributed by atoms with Crippen LogP contribution in [0.4, 0.5) is 11.4 Å². The molecule has 0 atom stereocenters. The third kappa shape index (κ3) is 5.13. The summed E-state index contributed by atoms with van der Waals surface area (Å²) < 4.78 is 10.3. The van der Waals surface area contributed by atoms with Crippen LogP contribution in [-0.4, -0.2) is 23.1 Å². The van der Waals surface area contributed by atoms with Crippen LogP contribution in [0.25, 0.3) is 22.1 Å². The highest BCUT2D eigenvalue weighted by Crippen LogP contribution is 2.30. The van der Waals surface area contributed by atoms with E-state index in [0.717, 1.165) is 11.5 Å². The van der Waals surface area contributed by atoms with Gasteiger partial charge in [-0.25, -0.2) is 4.79 Å². The molecule has 4 aromatic rings. The van der Waals surface area contributed by atoms with E-state index in [9.17, 15) is 19.7 Å². The summed E-state index contributed by atoms with van der Waals surface area (Å²) in [5.74, 6) is -0.618. The van der Waals surface area contributed by atoms with Gasteiger partial charge in [0.15, 0.2) is 10.9 Å². The molecule has 0 aliphatic carbocycles. The van der Waals surface area contributed by atoms with Gasteiger partial charge in [-0.3, -0.25) is 20.2 Å². The fraction of sp³-hybridized carbons (Fsp3) is 0.0417. The second kappa shape index (κ2) is 9.92. The quantitative estimate of drug-likeness (QED) is 0.164. The molecule has 1 aromatic heterocycles. The number of halogens is 1. The highest BCUT2D eigenvalue weighted by Gasteiger charge is 2.19. The zero-order valence-electron chi connectivity index (χ0n) is 18.0. The number of hydrogen-bond donors (Lipinski definition) is 2. The number of para-hydroxylation sites is 1. The summed E-state index contributed by atoms with van der Waals surface area (Å²) >= 11 is 11.6. The summed E-state index contributed by atoms with van der Waals surface area (Å²) in [6.07, 6.45) is 0. The number of benzene rings is 3. The van der Waals surface area contributed by atoms with E-state index in [4.69, 9.17) is 33.0 Å². The number of nitrogens with one attached hydrogen (secondary N) is 2. The summed E-state index contributed by atoms with van der Waals surface area (Å²) in [4.78, 5) is 35.5. The molecule has 3 aromatic carbocycles. The minimum absolute atomic E-state index is 0.0260. The number of anilines is 1. The SMILES string of the molecule is COc1ccc(C(=O)NC(=S)Nc2ccc(-c3cc4ccccc4oc3=O)c(Cl)c2)cc1[N+](=O)[O-]. The van der Waals surface area contributed by atoms with Gasteiger partial charge in [-0.15, -0.1) is 0 Å². The Morgan fingerprint density at radius 2 is 1.86 bits per heavy atom. The number of thiocarbonyl (C=S) groups is 1. The molecule has 1 amide bonds. The van der Waals surface area contributed by atoms with Gasteiger partial charge in [0, 0.05) is 28.3 Å². The third-order valence-corrected chi connectivity index (χ3v) is 5.54. The lowest BCUT2D eigenvalue weighted by atomic mass is 10.1. The maximum Gasteiger partial charge on any atom is 0.344 e. The molecule has 0 aliphatic rings. The molecule has 2 N–H and O–H groups in total. The number of nitro groups is 1. The van der Waals surface area contributed by atoms with E-state index in [1.807, 2.05) is 12.1 Å². The van der Waals surface area contributed by atoms with Crippen molar-refractivity contribution in [3.63, 3.8) is 0 Å². The lowest BCUT2D eigenvalue weighted by molar-refractivity contribution is -0.385. The van der Waals surface area contributed by atoms with Crippen molar-refractivity contribution in [2.45, 2.75) is 0 Å². The van der Waals surface area contributed by atoms with Gasteiger partial charge in [-0.05, 0) is 48.6 Å². The first kappa shape index (κ1) is 23.9. The number of ether oxygens (including phenoxy) is 1. The standard InChI is InChI=1S/C24H16ClN3O6S/c1-33-21-9-6-14(11-19(21)28(31)32)22(29)27-24(35)26-15-7-8-16(18(25)12-15)17-10-13-4-2-3-5-20(13)34-23(17)30/h2-12H,1H3,(H2,26,27,29,35). The van der Waals surface area contributed by atoms with E-state index >= 15 is 0 Å². The molecule has 0 saturated heterocycles. The van der Waals surface area contributed by atoms with E-state index in [1.54, 1.807) is 36.4 Å². The Hall–Kier alpha value is -4.28. The second-order valence-corrected chi connectivity index (χ2v) is 8.05. The fourth-order valence-corrected chi connectivity index (χ4v) is 3.87. The fourth-order valence-electron chi connectivity index (χ4n) is 3.37. The van der Waals surface area contributed by atoms with Crippen LogP contribution in [0.5, 0.6) is 5.75 Å². The predicted octanol–water partition coefficient (Wildman–Crippen LogP) is 5.16. The summed E-state index contributed by atoms with van der Waals surface area (Å²) in [5, 5.41) is 17.4. The second-order valence-electron chi connectivity index (χ2n) is 7.23. The Labute approximate surface area is 208 Å². The normalized spacial score (nSPS) is 10.6. The number of amides is 1. The summed E-state index contributed by atoms with van der Waals surface area (Å²) in [5.41, 5.74) is 0.851. The van der Waals surface area contributed by atoms with Crippen LogP contribution >= 0.6 is 23.8 Å². The van der Waals surface area contributed by atoms with Crippen LogP contribution in [0.3, 0.4) is 0 Å². The molecule has 0 fully saturated rings. The number of carbonyl (C=O) groups is 1. The van der Waals surface area contributed by atoms with Gasteiger partial charge in [0.25, 0.3) is 5.91 Å². The molecule has 0 spiro atoms. The molecule has 9 nitrogen and oxygen atoms in total. The van der Waals surface area contributed by atoms with Crippen molar-refractivity contribution < 1.29 is 18.9 Å². The van der Waals surface area contributed by atoms with E-state index in [2.05, 4.69) is 10.6 Å². The average Bonchev–Trinajstić information content (AvgIpc) is 2.83. The molecule has 11 heteroatoms. The zero-order chi connectivity index (χ0) is 25.1. The maximum atomic E-state index is 12.5. The topological polar surface area (TPSA) is 124 Å². The highest BCUT2D eigenvalue weighted by molar-refractivity contribution is 7.80. The molecular formula is C24H16ClN3O6S. The Bertz CT molecular complexity index is 1550. The largest absolute Gasteiger partial charge is 0.490 e. The predicted molar refractivity (Wildman–Crippen MR) is 136 cm³/mol. The van der Waals surface area contributed by atoms with Crippen LogP contribution in [-0.2, 0) is 0 Å². The van der Waals surface area contributed by atoms with Crippen molar-refractivity contribution >= 4 is 57.2 Å². The first-order chi connectivity index (χ1) is 16.8. The minimum Gasteiger partial charge on any atom is -0.490 e. The number of nitro benzene ring substituents is 1. The van der Waals surface area contributed by atoms with Crippen LogP contribution in [0.2, 0.25) is 5.02 Å². The van der Waals surface area contributed by atoms with Gasteiger partial charge >= 0.3 is 11.3 Å². The van der Waals surface area contributed by atoms with E-state index < -0.39 is 16.5 Å². The number of carbonyl (C=O) groups excluding carboxylic acids is 1. The first-order valence-corrected chi connectivity index (χ1v) is 10.8. The maximum absolute atomic E-state index is 12.5. The van der Waals surface area contributed by atoms with Crippen molar-refractivity contribution in [3.05, 3.63) is 97.9 Å². The summed E-state index contributed by atoms with van der Waals surface area (Å²) in [7, 11) is 1.30. The van der Waals surface area contributed by atoms with Crippen LogP contribution in [0.1, 0.15) is 10.4 Å². The van der Waals surface area contributed by atoms with Crippen molar-refractivity contribution in [1.29, 1.82) is 0 Å². The molecule has 176 valence electrons. The lowest BCUT2D eigenvalue weighted by Gasteiger charge is -2.12. The highest BCUT2D eigenvalue weighted by atomic mass is 35.5. The number of methoxy groups -OCH3 is 1. The monoisotopic (exact) mass is 509 g/mol. The van der Waals surface area contributed by atoms with Gasteiger partial charge in [-0.1, -0.05) is 35.9 Å². The van der Waals surface area contributed by atoms with E-state index in [-0.39, 0.29) is 27.1 Å². The number of hydrogen-bond acceptors (Lipinski definition) is 7. The van der Waals surface area contributed by atoms with Crippen molar-refractivity contribution in [2.24, 2.45) is 0 Å². The Morgan fingerprint density at radius 1 is 1.09 bits per heavy atom. The van der Waals surface area contributed by atoms with Gasteiger partial charge in [-0.2, -0.15) is 0 Å². The van der Waals surface area contributed by atoms with Crippen molar-refractivity contribution in [2.75, 3.05) is 12.4 Å². The number of nitrogens with zero attached hydrogens (tertiary/aromatic N) is 1. The van der Waals surface area contributed by atoms with Crippen LogP contribution < -0.4 is 21.0 Å². The van der Waals surface area contributed by atoms with Crippen molar-refractivity contribution in [1.82, 2.24) is 5.32 Å². The smallest absolute Gasteiger partial charge is 0.344 e. The van der Waals surface area contributed by atoms with E-state index in [1.165, 1.54) is 19.2 Å². The average molecular weight is 510 g/mol. The molecule has 0 aliphatic heterocycles. The third-order valence-electron chi connectivity index (χ3n) is 5.02. The van der Waals surface area contributed by atoms with Gasteiger partial charge < -0.3 is 14.5 Å². The van der Waals surface area contributed by atoms with Crippen molar-refractivity contribution in [3.8, 4) is 16.9 Å². The molecular weight excluding hydrogens is 494 g/mol. The first-order valence-electron chi connectivity index (χ1n) is 10.0. The van der Waals surface area contributed by atoms with Gasteiger partial charge in [0.05, 0.1) is 22.6 Å².